The maximum atomic E-state index is 4.97. The van der Waals surface area contributed by atoms with Gasteiger partial charge in [0, 0.05) is 7.05 Å². The van der Waals surface area contributed by atoms with Crippen LogP contribution in [-0.2, 0) is 4.74 Å². The maximum Gasteiger partial charge on any atom is 0.141 e. The van der Waals surface area contributed by atoms with Crippen LogP contribution in [-0.4, -0.2) is 14.2 Å². The first-order chi connectivity index (χ1) is 4.76. The summed E-state index contributed by atoms with van der Waals surface area (Å²) in [5.41, 5.74) is 0.752. The van der Waals surface area contributed by atoms with Crippen LogP contribution < -0.4 is 5.32 Å². The van der Waals surface area contributed by atoms with Crippen molar-refractivity contribution >= 4 is 0 Å². The Morgan fingerprint density at radius 2 is 2.20 bits per heavy atom. The number of ether oxygens (including phenoxy) is 1. The molecule has 56 valence electrons. The third-order valence-corrected chi connectivity index (χ3v) is 1.09. The van der Waals surface area contributed by atoms with Crippen molar-refractivity contribution in [2.75, 3.05) is 14.2 Å². The van der Waals surface area contributed by atoms with Crippen molar-refractivity contribution in [3.05, 3.63) is 36.8 Å². The van der Waals surface area contributed by atoms with E-state index in [0.717, 1.165) is 5.70 Å². The summed E-state index contributed by atoms with van der Waals surface area (Å²) in [4.78, 5) is 0. The predicted octanol–water partition coefficient (Wildman–Crippen LogP) is 1.44. The van der Waals surface area contributed by atoms with E-state index in [1.165, 1.54) is 0 Å². The van der Waals surface area contributed by atoms with Gasteiger partial charge in [0.1, 0.15) is 5.76 Å². The van der Waals surface area contributed by atoms with E-state index >= 15 is 0 Å². The fourth-order valence-corrected chi connectivity index (χ4v) is 0.522. The Bertz CT molecular complexity index is 159. The predicted molar refractivity (Wildman–Crippen MR) is 43.5 cm³/mol. The number of allylic oxidation sites excluding steroid dienone is 2. The largest absolute Gasteiger partial charge is 0.495 e. The average molecular weight is 139 g/mol. The zero-order valence-corrected chi connectivity index (χ0v) is 6.48. The van der Waals surface area contributed by atoms with Gasteiger partial charge in [-0.1, -0.05) is 19.2 Å². The van der Waals surface area contributed by atoms with Crippen LogP contribution in [0.15, 0.2) is 36.8 Å². The number of methoxy groups -OCH3 is 1. The molecule has 0 aliphatic heterocycles. The highest BCUT2D eigenvalue weighted by Gasteiger charge is 1.95. The highest BCUT2D eigenvalue weighted by Crippen LogP contribution is 2.03. The van der Waals surface area contributed by atoms with Crippen molar-refractivity contribution in [3.63, 3.8) is 0 Å². The van der Waals surface area contributed by atoms with Crippen LogP contribution in [0.3, 0.4) is 0 Å². The summed E-state index contributed by atoms with van der Waals surface area (Å²) in [5.74, 6) is 0.706. The van der Waals surface area contributed by atoms with E-state index in [1.54, 1.807) is 26.3 Å². The third-order valence-electron chi connectivity index (χ3n) is 1.09. The molecule has 0 aromatic heterocycles. The van der Waals surface area contributed by atoms with Crippen LogP contribution in [0.5, 0.6) is 0 Å². The first kappa shape index (κ1) is 8.82. The maximum absolute atomic E-state index is 4.97. The van der Waals surface area contributed by atoms with Crippen LogP contribution in [0.2, 0.25) is 0 Å². The van der Waals surface area contributed by atoms with Crippen molar-refractivity contribution in [3.8, 4) is 0 Å². The summed E-state index contributed by atoms with van der Waals surface area (Å²) < 4.78 is 4.97. The summed E-state index contributed by atoms with van der Waals surface area (Å²) >= 11 is 0. The van der Waals surface area contributed by atoms with Crippen LogP contribution in [0, 0.1) is 0 Å². The zero-order chi connectivity index (χ0) is 7.98. The van der Waals surface area contributed by atoms with Gasteiger partial charge in [0.2, 0.25) is 0 Å². The van der Waals surface area contributed by atoms with Crippen LogP contribution in [0.25, 0.3) is 0 Å². The average Bonchev–Trinajstić information content (AvgIpc) is 1.99. The Morgan fingerprint density at radius 1 is 1.60 bits per heavy atom. The second-order valence-corrected chi connectivity index (χ2v) is 1.70. The number of likely N-dealkylation sites (N-methyl/N-ethyl adjacent to an activating group) is 1. The second kappa shape index (κ2) is 4.68. The molecular formula is C8H13NO. The molecule has 0 saturated heterocycles. The Kier molecular flexibility index (Phi) is 4.12. The Morgan fingerprint density at radius 3 is 2.50 bits per heavy atom. The van der Waals surface area contributed by atoms with Gasteiger partial charge in [0.15, 0.2) is 0 Å². The highest BCUT2D eigenvalue weighted by molar-refractivity contribution is 5.23. The molecule has 0 amide bonds. The minimum atomic E-state index is 0.706. The number of hydrogen-bond donors (Lipinski definition) is 1. The molecule has 0 fully saturated rings. The molecule has 2 heteroatoms. The van der Waals surface area contributed by atoms with Gasteiger partial charge in [-0.2, -0.15) is 0 Å². The van der Waals surface area contributed by atoms with E-state index in [-0.39, 0.29) is 0 Å². The molecule has 1 N–H and O–H groups in total. The fraction of sp³-hybridized carbons (Fsp3) is 0.250. The molecule has 0 rings (SSSR count). The molecule has 0 aliphatic rings. The molecular weight excluding hydrogens is 126 g/mol. The third kappa shape index (κ3) is 2.40. The molecule has 2 nitrogen and oxygen atoms in total. The smallest absolute Gasteiger partial charge is 0.141 e. The Hall–Kier alpha value is -1.18. The zero-order valence-electron chi connectivity index (χ0n) is 6.48. The molecule has 0 heterocycles. The minimum Gasteiger partial charge on any atom is -0.495 e. The van der Waals surface area contributed by atoms with E-state index in [4.69, 9.17) is 4.74 Å². The number of rotatable bonds is 4. The second-order valence-electron chi connectivity index (χ2n) is 1.70. The van der Waals surface area contributed by atoms with Gasteiger partial charge in [0.25, 0.3) is 0 Å². The fourth-order valence-electron chi connectivity index (χ4n) is 0.522. The van der Waals surface area contributed by atoms with Crippen molar-refractivity contribution < 1.29 is 4.74 Å². The van der Waals surface area contributed by atoms with Gasteiger partial charge in [-0.3, -0.25) is 0 Å². The van der Waals surface area contributed by atoms with Crippen molar-refractivity contribution in [2.24, 2.45) is 0 Å². The van der Waals surface area contributed by atoms with E-state index in [0.29, 0.717) is 5.76 Å². The summed E-state index contributed by atoms with van der Waals surface area (Å²) in [6.07, 6.45) is 3.40. The van der Waals surface area contributed by atoms with Gasteiger partial charge in [-0.15, -0.1) is 0 Å². The lowest BCUT2D eigenvalue weighted by atomic mass is 10.3. The molecule has 10 heavy (non-hydrogen) atoms. The van der Waals surface area contributed by atoms with Crippen molar-refractivity contribution in [2.45, 2.75) is 0 Å². The first-order valence-electron chi connectivity index (χ1n) is 3.00. The molecule has 0 atom stereocenters. The topological polar surface area (TPSA) is 21.3 Å². The lowest BCUT2D eigenvalue weighted by Crippen LogP contribution is -2.07. The quantitative estimate of drug-likeness (QED) is 0.470. The Labute approximate surface area is 61.9 Å². The van der Waals surface area contributed by atoms with Crippen LogP contribution >= 0.6 is 0 Å². The molecule has 0 aromatic rings. The minimum absolute atomic E-state index is 0.706. The lowest BCUT2D eigenvalue weighted by Gasteiger charge is -2.06. The molecule has 0 aliphatic carbocycles. The normalized spacial score (nSPS) is 10.4. The molecule has 0 saturated carbocycles. The number of nitrogens with one attached hydrogen (secondary N) is 1. The monoisotopic (exact) mass is 139 g/mol. The van der Waals surface area contributed by atoms with E-state index in [2.05, 4.69) is 18.5 Å². The molecule has 0 radical (unpaired) electrons. The van der Waals surface area contributed by atoms with Gasteiger partial charge < -0.3 is 10.1 Å². The first-order valence-corrected chi connectivity index (χ1v) is 3.00. The molecule has 0 bridgehead atoms. The highest BCUT2D eigenvalue weighted by atomic mass is 16.5. The van der Waals surface area contributed by atoms with Crippen molar-refractivity contribution in [1.29, 1.82) is 0 Å². The summed E-state index contributed by atoms with van der Waals surface area (Å²) in [7, 11) is 3.39. The molecule has 0 unspecified atom stereocenters. The lowest BCUT2D eigenvalue weighted by molar-refractivity contribution is 0.297. The van der Waals surface area contributed by atoms with E-state index in [1.807, 2.05) is 0 Å². The van der Waals surface area contributed by atoms with Crippen LogP contribution in [0.4, 0.5) is 0 Å². The van der Waals surface area contributed by atoms with Crippen LogP contribution in [0.1, 0.15) is 0 Å². The Balaban J connectivity index is 4.19. The molecule has 0 aromatic carbocycles. The van der Waals surface area contributed by atoms with Crippen molar-refractivity contribution in [1.82, 2.24) is 5.32 Å². The summed E-state index contributed by atoms with van der Waals surface area (Å²) in [6, 6.07) is 0. The van der Waals surface area contributed by atoms with E-state index in [9.17, 15) is 0 Å². The van der Waals surface area contributed by atoms with Gasteiger partial charge >= 0.3 is 0 Å². The summed E-state index contributed by atoms with van der Waals surface area (Å²) in [5, 5.41) is 2.87. The summed E-state index contributed by atoms with van der Waals surface area (Å²) in [6.45, 7) is 7.25. The van der Waals surface area contributed by atoms with Gasteiger partial charge in [0.05, 0.1) is 12.8 Å². The van der Waals surface area contributed by atoms with Gasteiger partial charge in [-0.25, -0.2) is 0 Å². The van der Waals surface area contributed by atoms with E-state index < -0.39 is 0 Å². The van der Waals surface area contributed by atoms with Gasteiger partial charge in [-0.05, 0) is 6.08 Å². The SMILES string of the molecule is C=C/C=C(/OC)C(=C)NC. The standard InChI is InChI=1S/C8H13NO/c1-5-6-8(10-4)7(2)9-3/h5-6,9H,1-2H2,3-4H3/b8-6+. The molecule has 0 spiro atoms. The number of hydrogen-bond acceptors (Lipinski definition) is 2.